The lowest BCUT2D eigenvalue weighted by Crippen LogP contribution is -2.34. The Labute approximate surface area is 157 Å². The van der Waals surface area contributed by atoms with Crippen molar-refractivity contribution >= 4 is 24.3 Å². The molecular formula is C17H22ClN5O3. The largest absolute Gasteiger partial charge is 0.467 e. The second-order valence-electron chi connectivity index (χ2n) is 5.91. The normalized spacial score (nSPS) is 15.6. The summed E-state index contributed by atoms with van der Waals surface area (Å²) in [6.07, 6.45) is 3.52. The fourth-order valence-electron chi connectivity index (χ4n) is 2.88. The zero-order valence-electron chi connectivity index (χ0n) is 14.4. The van der Waals surface area contributed by atoms with E-state index in [0.717, 1.165) is 25.9 Å². The molecule has 9 heteroatoms. The number of carbonyl (C=O) groups is 2. The minimum absolute atomic E-state index is 0. The van der Waals surface area contributed by atoms with Crippen molar-refractivity contribution in [3.8, 4) is 0 Å². The number of benzene rings is 1. The second kappa shape index (κ2) is 9.30. The van der Waals surface area contributed by atoms with Gasteiger partial charge < -0.3 is 15.4 Å². The fraction of sp³-hybridized carbons (Fsp3) is 0.412. The molecule has 1 aliphatic heterocycles. The van der Waals surface area contributed by atoms with E-state index in [9.17, 15) is 9.59 Å². The third-order valence-electron chi connectivity index (χ3n) is 4.27. The van der Waals surface area contributed by atoms with Crippen LogP contribution >= 0.6 is 12.4 Å². The topological polar surface area (TPSA) is 98.1 Å². The molecular weight excluding hydrogens is 358 g/mol. The van der Waals surface area contributed by atoms with Gasteiger partial charge in [0.1, 0.15) is 0 Å². The number of aromatic nitrogens is 3. The summed E-state index contributed by atoms with van der Waals surface area (Å²) >= 11 is 0. The van der Waals surface area contributed by atoms with Crippen molar-refractivity contribution in [1.29, 1.82) is 0 Å². The quantitative estimate of drug-likeness (QED) is 0.759. The van der Waals surface area contributed by atoms with Gasteiger partial charge in [-0.25, -0.2) is 9.48 Å². The third kappa shape index (κ3) is 4.59. The van der Waals surface area contributed by atoms with Crippen LogP contribution in [0.2, 0.25) is 0 Å². The van der Waals surface area contributed by atoms with E-state index in [2.05, 4.69) is 20.9 Å². The number of nitrogens with one attached hydrogen (secondary N) is 2. The Balaban J connectivity index is 0.00000243. The number of hydrogen-bond acceptors (Lipinski definition) is 6. The molecule has 0 radical (unpaired) electrons. The van der Waals surface area contributed by atoms with Gasteiger partial charge in [-0.3, -0.25) is 4.79 Å². The molecule has 140 valence electrons. The molecule has 1 aliphatic rings. The number of amides is 1. The summed E-state index contributed by atoms with van der Waals surface area (Å²) in [7, 11) is 1.29. The number of halogens is 1. The summed E-state index contributed by atoms with van der Waals surface area (Å²) in [6, 6.07) is 8.30. The molecule has 1 unspecified atom stereocenters. The zero-order chi connectivity index (χ0) is 17.6. The van der Waals surface area contributed by atoms with Gasteiger partial charge in [-0.1, -0.05) is 35.5 Å². The standard InChI is InChI=1S/C17H21N5O3.ClH/c1-25-17(24)15(12-5-3-2-4-6-12)19-16(23)14-11-22(21-20-14)13-7-9-18-10-8-13;/h2-6,11,13,15,18H,7-10H2,1H3,(H,19,23);1H. The van der Waals surface area contributed by atoms with Crippen LogP contribution in [0.5, 0.6) is 0 Å². The summed E-state index contributed by atoms with van der Waals surface area (Å²) in [5.74, 6) is -0.996. The lowest BCUT2D eigenvalue weighted by atomic mass is 10.1. The molecule has 2 aromatic rings. The SMILES string of the molecule is COC(=O)C(NC(=O)c1cn(C2CCNCC2)nn1)c1ccccc1.Cl. The second-order valence-corrected chi connectivity index (χ2v) is 5.91. The Hall–Kier alpha value is -2.45. The van der Waals surface area contributed by atoms with Crippen LogP contribution in [0.1, 0.15) is 41.0 Å². The molecule has 8 nitrogen and oxygen atoms in total. The van der Waals surface area contributed by atoms with Crippen molar-refractivity contribution in [2.24, 2.45) is 0 Å². The lowest BCUT2D eigenvalue weighted by Gasteiger charge is -2.22. The van der Waals surface area contributed by atoms with E-state index >= 15 is 0 Å². The Morgan fingerprint density at radius 3 is 2.62 bits per heavy atom. The minimum atomic E-state index is -0.886. The predicted molar refractivity (Wildman–Crippen MR) is 97.1 cm³/mol. The van der Waals surface area contributed by atoms with Gasteiger partial charge in [0.15, 0.2) is 11.7 Å². The van der Waals surface area contributed by atoms with Gasteiger partial charge in [-0.15, -0.1) is 17.5 Å². The molecule has 0 saturated carbocycles. The van der Waals surface area contributed by atoms with Crippen molar-refractivity contribution in [1.82, 2.24) is 25.6 Å². The summed E-state index contributed by atoms with van der Waals surface area (Å²) in [5, 5.41) is 14.0. The van der Waals surface area contributed by atoms with E-state index in [1.807, 2.05) is 6.07 Å². The van der Waals surface area contributed by atoms with E-state index in [-0.39, 0.29) is 24.1 Å². The van der Waals surface area contributed by atoms with E-state index in [0.29, 0.717) is 5.56 Å². The van der Waals surface area contributed by atoms with Crippen LogP contribution < -0.4 is 10.6 Å². The van der Waals surface area contributed by atoms with Crippen molar-refractivity contribution in [2.75, 3.05) is 20.2 Å². The van der Waals surface area contributed by atoms with E-state index in [1.54, 1.807) is 35.1 Å². The number of rotatable bonds is 5. The number of esters is 1. The predicted octanol–water partition coefficient (Wildman–Crippen LogP) is 1.27. The summed E-state index contributed by atoms with van der Waals surface area (Å²) in [6.45, 7) is 1.84. The first-order valence-corrected chi connectivity index (χ1v) is 8.25. The highest BCUT2D eigenvalue weighted by molar-refractivity contribution is 5.95. The number of ether oxygens (including phenoxy) is 1. The summed E-state index contributed by atoms with van der Waals surface area (Å²) in [4.78, 5) is 24.5. The van der Waals surface area contributed by atoms with E-state index < -0.39 is 17.9 Å². The molecule has 1 aromatic carbocycles. The van der Waals surface area contributed by atoms with Crippen LogP contribution in [0.25, 0.3) is 0 Å². The molecule has 1 fully saturated rings. The van der Waals surface area contributed by atoms with Crippen molar-refractivity contribution in [3.05, 3.63) is 47.8 Å². The van der Waals surface area contributed by atoms with Crippen molar-refractivity contribution in [2.45, 2.75) is 24.9 Å². The number of hydrogen-bond donors (Lipinski definition) is 2. The molecule has 1 atom stereocenters. The van der Waals surface area contributed by atoms with Gasteiger partial charge >= 0.3 is 5.97 Å². The van der Waals surface area contributed by atoms with Crippen molar-refractivity contribution in [3.63, 3.8) is 0 Å². The first-order valence-electron chi connectivity index (χ1n) is 8.25. The number of piperidine rings is 1. The Morgan fingerprint density at radius 2 is 1.96 bits per heavy atom. The Bertz CT molecular complexity index is 731. The minimum Gasteiger partial charge on any atom is -0.467 e. The van der Waals surface area contributed by atoms with Gasteiger partial charge in [0, 0.05) is 0 Å². The smallest absolute Gasteiger partial charge is 0.333 e. The lowest BCUT2D eigenvalue weighted by molar-refractivity contribution is -0.143. The van der Waals surface area contributed by atoms with Crippen LogP contribution in [-0.4, -0.2) is 47.1 Å². The summed E-state index contributed by atoms with van der Waals surface area (Å²) in [5.41, 5.74) is 0.830. The first-order chi connectivity index (χ1) is 12.2. The molecule has 26 heavy (non-hydrogen) atoms. The van der Waals surface area contributed by atoms with Gasteiger partial charge in [0.2, 0.25) is 0 Å². The van der Waals surface area contributed by atoms with Gasteiger partial charge in [0.25, 0.3) is 5.91 Å². The van der Waals surface area contributed by atoms with E-state index in [4.69, 9.17) is 4.74 Å². The Kier molecular flexibility index (Phi) is 7.11. The Morgan fingerprint density at radius 1 is 1.27 bits per heavy atom. The number of methoxy groups -OCH3 is 1. The highest BCUT2D eigenvalue weighted by atomic mass is 35.5. The van der Waals surface area contributed by atoms with Gasteiger partial charge in [-0.2, -0.15) is 0 Å². The first kappa shape index (κ1) is 19.9. The highest BCUT2D eigenvalue weighted by Crippen LogP contribution is 2.18. The van der Waals surface area contributed by atoms with Gasteiger partial charge in [0.05, 0.1) is 19.3 Å². The zero-order valence-corrected chi connectivity index (χ0v) is 15.2. The maximum absolute atomic E-state index is 12.5. The average Bonchev–Trinajstić information content (AvgIpc) is 3.17. The fourth-order valence-corrected chi connectivity index (χ4v) is 2.88. The van der Waals surface area contributed by atoms with Crippen LogP contribution in [0, 0.1) is 0 Å². The monoisotopic (exact) mass is 379 g/mol. The molecule has 0 spiro atoms. The van der Waals surface area contributed by atoms with Crippen LogP contribution in [0.15, 0.2) is 36.5 Å². The molecule has 2 heterocycles. The summed E-state index contributed by atoms with van der Waals surface area (Å²) < 4.78 is 6.53. The molecule has 1 saturated heterocycles. The molecule has 1 aromatic heterocycles. The van der Waals surface area contributed by atoms with Crippen LogP contribution in [-0.2, 0) is 9.53 Å². The van der Waals surface area contributed by atoms with Crippen molar-refractivity contribution < 1.29 is 14.3 Å². The third-order valence-corrected chi connectivity index (χ3v) is 4.27. The molecule has 0 bridgehead atoms. The average molecular weight is 380 g/mol. The molecule has 1 amide bonds. The number of nitrogens with zero attached hydrogens (tertiary/aromatic N) is 3. The van der Waals surface area contributed by atoms with Crippen LogP contribution in [0.4, 0.5) is 0 Å². The molecule has 3 rings (SSSR count). The number of carbonyl (C=O) groups excluding carboxylic acids is 2. The molecule has 2 N–H and O–H groups in total. The maximum Gasteiger partial charge on any atom is 0.333 e. The highest BCUT2D eigenvalue weighted by Gasteiger charge is 2.26. The van der Waals surface area contributed by atoms with E-state index in [1.165, 1.54) is 7.11 Å². The molecule has 0 aliphatic carbocycles. The van der Waals surface area contributed by atoms with Gasteiger partial charge in [-0.05, 0) is 31.5 Å². The van der Waals surface area contributed by atoms with Crippen LogP contribution in [0.3, 0.4) is 0 Å². The maximum atomic E-state index is 12.5.